The molecule has 12 heavy (non-hydrogen) atoms. The molecule has 7 heteroatoms. The van der Waals surface area contributed by atoms with Crippen LogP contribution >= 0.6 is 0 Å². The Hall–Kier alpha value is -0.210. The lowest BCUT2D eigenvalue weighted by atomic mass is 10.3. The number of nitrogens with two attached hydrogens (primary N) is 2. The first kappa shape index (κ1) is 9.87. The van der Waals surface area contributed by atoms with Crippen molar-refractivity contribution in [1.82, 2.24) is 4.31 Å². The van der Waals surface area contributed by atoms with Crippen LogP contribution in [0.25, 0.3) is 0 Å². The molecule has 0 aromatic rings. The van der Waals surface area contributed by atoms with Gasteiger partial charge in [0.25, 0.3) is 10.2 Å². The smallest absolute Gasteiger partial charge is 0.277 e. The summed E-state index contributed by atoms with van der Waals surface area (Å²) in [4.78, 5) is 0. The lowest BCUT2D eigenvalue weighted by Gasteiger charge is -2.29. The van der Waals surface area contributed by atoms with Crippen molar-refractivity contribution >= 4 is 10.2 Å². The van der Waals surface area contributed by atoms with E-state index in [0.717, 1.165) is 0 Å². The van der Waals surface area contributed by atoms with Gasteiger partial charge in [0.15, 0.2) is 0 Å². The SMILES string of the molecule is NCC1CN(S(N)(=O)=O)CCO1. The summed E-state index contributed by atoms with van der Waals surface area (Å²) in [5, 5.41) is 4.93. The van der Waals surface area contributed by atoms with Crippen LogP contribution in [0.1, 0.15) is 0 Å². The molecule has 0 aromatic carbocycles. The molecule has 1 aliphatic heterocycles. The first-order chi connectivity index (χ1) is 5.54. The fourth-order valence-corrected chi connectivity index (χ4v) is 1.77. The second-order valence-corrected chi connectivity index (χ2v) is 4.18. The highest BCUT2D eigenvalue weighted by molar-refractivity contribution is 7.86. The van der Waals surface area contributed by atoms with Gasteiger partial charge in [-0.15, -0.1) is 0 Å². The summed E-state index contributed by atoms with van der Waals surface area (Å²) < 4.78 is 28.1. The Balaban J connectivity index is 2.58. The molecule has 1 rings (SSSR count). The summed E-state index contributed by atoms with van der Waals surface area (Å²) in [5.41, 5.74) is 5.32. The van der Waals surface area contributed by atoms with Crippen LogP contribution in [0.4, 0.5) is 0 Å². The summed E-state index contributed by atoms with van der Waals surface area (Å²) in [6, 6.07) is 0. The summed E-state index contributed by atoms with van der Waals surface area (Å²) in [7, 11) is -3.57. The van der Waals surface area contributed by atoms with Crippen LogP contribution in [0.3, 0.4) is 0 Å². The Bertz CT molecular complexity index is 240. The van der Waals surface area contributed by atoms with Crippen molar-refractivity contribution in [1.29, 1.82) is 0 Å². The molecule has 0 radical (unpaired) electrons. The van der Waals surface area contributed by atoms with Crippen LogP contribution in [0.2, 0.25) is 0 Å². The van der Waals surface area contributed by atoms with E-state index in [2.05, 4.69) is 0 Å². The molecule has 72 valence electrons. The third-order valence-electron chi connectivity index (χ3n) is 1.72. The Morgan fingerprint density at radius 3 is 2.75 bits per heavy atom. The van der Waals surface area contributed by atoms with Gasteiger partial charge in [-0.05, 0) is 0 Å². The van der Waals surface area contributed by atoms with Crippen molar-refractivity contribution in [3.05, 3.63) is 0 Å². The predicted molar refractivity (Wildman–Crippen MR) is 43.5 cm³/mol. The van der Waals surface area contributed by atoms with E-state index in [9.17, 15) is 8.42 Å². The number of hydrogen-bond donors (Lipinski definition) is 2. The van der Waals surface area contributed by atoms with E-state index < -0.39 is 10.2 Å². The average molecular weight is 195 g/mol. The first-order valence-corrected chi connectivity index (χ1v) is 5.14. The topological polar surface area (TPSA) is 98.6 Å². The van der Waals surface area contributed by atoms with Gasteiger partial charge in [0, 0.05) is 19.6 Å². The average Bonchev–Trinajstić information content (AvgIpc) is 2.03. The van der Waals surface area contributed by atoms with Gasteiger partial charge in [0.2, 0.25) is 0 Å². The van der Waals surface area contributed by atoms with E-state index in [-0.39, 0.29) is 12.6 Å². The zero-order valence-corrected chi connectivity index (χ0v) is 7.46. The maximum Gasteiger partial charge on any atom is 0.277 e. The molecule has 0 aromatic heterocycles. The Labute approximate surface area is 71.6 Å². The molecule has 0 aliphatic carbocycles. The molecule has 1 atom stereocenters. The van der Waals surface area contributed by atoms with Crippen molar-refractivity contribution < 1.29 is 13.2 Å². The predicted octanol–water partition coefficient (Wildman–Crippen LogP) is -2.15. The summed E-state index contributed by atoms with van der Waals surface area (Å²) in [6.45, 7) is 1.25. The molecule has 1 fully saturated rings. The molecule has 0 spiro atoms. The maximum absolute atomic E-state index is 10.9. The van der Waals surface area contributed by atoms with Crippen molar-refractivity contribution in [2.75, 3.05) is 26.2 Å². The molecular weight excluding hydrogens is 182 g/mol. The fourth-order valence-electron chi connectivity index (χ4n) is 1.07. The Morgan fingerprint density at radius 2 is 2.25 bits per heavy atom. The van der Waals surface area contributed by atoms with E-state index in [4.69, 9.17) is 15.6 Å². The molecule has 1 aliphatic rings. The van der Waals surface area contributed by atoms with Crippen molar-refractivity contribution in [2.24, 2.45) is 10.9 Å². The summed E-state index contributed by atoms with van der Waals surface area (Å²) in [5.74, 6) is 0. The van der Waals surface area contributed by atoms with Gasteiger partial charge in [-0.3, -0.25) is 0 Å². The highest BCUT2D eigenvalue weighted by atomic mass is 32.2. The van der Waals surface area contributed by atoms with E-state index in [1.807, 2.05) is 0 Å². The van der Waals surface area contributed by atoms with Gasteiger partial charge in [0.1, 0.15) is 0 Å². The molecule has 0 bridgehead atoms. The van der Waals surface area contributed by atoms with Gasteiger partial charge >= 0.3 is 0 Å². The Morgan fingerprint density at radius 1 is 1.58 bits per heavy atom. The van der Waals surface area contributed by atoms with Gasteiger partial charge in [0.05, 0.1) is 12.7 Å². The quantitative estimate of drug-likeness (QED) is 0.524. The van der Waals surface area contributed by atoms with Gasteiger partial charge < -0.3 is 10.5 Å². The third-order valence-corrected chi connectivity index (χ3v) is 2.78. The zero-order chi connectivity index (χ0) is 9.19. The van der Waals surface area contributed by atoms with Gasteiger partial charge in [-0.1, -0.05) is 0 Å². The minimum absolute atomic E-state index is 0.225. The highest BCUT2D eigenvalue weighted by Crippen LogP contribution is 2.05. The number of ether oxygens (including phenoxy) is 1. The third kappa shape index (κ3) is 2.39. The molecule has 4 N–H and O–H groups in total. The normalized spacial score (nSPS) is 27.3. The Kier molecular flexibility index (Phi) is 3.02. The molecule has 6 nitrogen and oxygen atoms in total. The van der Waals surface area contributed by atoms with E-state index in [1.54, 1.807) is 0 Å². The van der Waals surface area contributed by atoms with E-state index in [1.165, 1.54) is 4.31 Å². The van der Waals surface area contributed by atoms with Crippen LogP contribution < -0.4 is 10.9 Å². The summed E-state index contributed by atoms with van der Waals surface area (Å²) >= 11 is 0. The van der Waals surface area contributed by atoms with Crippen LogP contribution in [0, 0.1) is 0 Å². The molecule has 0 amide bonds. The van der Waals surface area contributed by atoms with Crippen LogP contribution in [-0.2, 0) is 14.9 Å². The number of nitrogens with zero attached hydrogens (tertiary/aromatic N) is 1. The van der Waals surface area contributed by atoms with Crippen LogP contribution in [-0.4, -0.2) is 45.1 Å². The minimum Gasteiger partial charge on any atom is -0.374 e. The highest BCUT2D eigenvalue weighted by Gasteiger charge is 2.25. The lowest BCUT2D eigenvalue weighted by Crippen LogP contribution is -2.50. The minimum atomic E-state index is -3.57. The molecule has 0 saturated carbocycles. The molecular formula is C5H13N3O3S. The van der Waals surface area contributed by atoms with Crippen molar-refractivity contribution in [3.63, 3.8) is 0 Å². The van der Waals surface area contributed by atoms with E-state index in [0.29, 0.717) is 19.7 Å². The van der Waals surface area contributed by atoms with Crippen LogP contribution in [0.5, 0.6) is 0 Å². The fraction of sp³-hybridized carbons (Fsp3) is 1.00. The number of morpholine rings is 1. The van der Waals surface area contributed by atoms with Crippen molar-refractivity contribution in [3.8, 4) is 0 Å². The second-order valence-electron chi connectivity index (χ2n) is 2.63. The van der Waals surface area contributed by atoms with Crippen molar-refractivity contribution in [2.45, 2.75) is 6.10 Å². The zero-order valence-electron chi connectivity index (χ0n) is 6.64. The van der Waals surface area contributed by atoms with Gasteiger partial charge in [-0.2, -0.15) is 12.7 Å². The monoisotopic (exact) mass is 195 g/mol. The van der Waals surface area contributed by atoms with E-state index >= 15 is 0 Å². The number of hydrogen-bond acceptors (Lipinski definition) is 4. The molecule has 1 unspecified atom stereocenters. The summed E-state index contributed by atoms with van der Waals surface area (Å²) in [6.07, 6.45) is -0.225. The maximum atomic E-state index is 10.9. The first-order valence-electron chi connectivity index (χ1n) is 3.63. The molecule has 1 saturated heterocycles. The van der Waals surface area contributed by atoms with Crippen LogP contribution in [0.15, 0.2) is 0 Å². The standard InChI is InChI=1S/C5H13N3O3S/c6-3-5-4-8(1-2-11-5)12(7,9)10/h5H,1-4,6H2,(H2,7,9,10). The lowest BCUT2D eigenvalue weighted by molar-refractivity contribution is 0.00451. The number of rotatable bonds is 2. The van der Waals surface area contributed by atoms with Gasteiger partial charge in [-0.25, -0.2) is 5.14 Å². The molecule has 1 heterocycles. The largest absolute Gasteiger partial charge is 0.374 e. The second kappa shape index (κ2) is 3.67.